The van der Waals surface area contributed by atoms with Crippen LogP contribution in [-0.2, 0) is 10.1 Å². The number of rotatable bonds is 24. The maximum Gasteiger partial charge on any atom is 0.300 e. The summed E-state index contributed by atoms with van der Waals surface area (Å²) in [6.45, 7) is 4.42. The molecule has 188 valence electrons. The lowest BCUT2D eigenvalue weighted by Crippen LogP contribution is -2.33. The number of alkyl halides is 1. The standard InChI is InChI=1S/C26H53FO3S/c1-3-5-7-9-11-12-13-14-15-16-17-19-21-23-25-26(27,31(28,29)30)24-22-20-18-10-8-6-4-2/h3-25H2,1-2H3,(H,28,29,30). The monoisotopic (exact) mass is 464 g/mol. The molecule has 0 spiro atoms. The average Bonchev–Trinajstić information content (AvgIpc) is 2.72. The maximum absolute atomic E-state index is 14.9. The van der Waals surface area contributed by atoms with Gasteiger partial charge in [0.15, 0.2) is 0 Å². The van der Waals surface area contributed by atoms with Gasteiger partial charge in [0.05, 0.1) is 0 Å². The van der Waals surface area contributed by atoms with Crippen LogP contribution >= 0.6 is 0 Å². The van der Waals surface area contributed by atoms with E-state index in [0.29, 0.717) is 12.8 Å². The van der Waals surface area contributed by atoms with Gasteiger partial charge >= 0.3 is 0 Å². The molecule has 0 saturated heterocycles. The molecule has 0 radical (unpaired) electrons. The summed E-state index contributed by atoms with van der Waals surface area (Å²) in [6, 6.07) is 0. The van der Waals surface area contributed by atoms with Crippen LogP contribution in [0.25, 0.3) is 0 Å². The Bertz CT molecular complexity index is 481. The lowest BCUT2D eigenvalue weighted by atomic mass is 10.0. The van der Waals surface area contributed by atoms with Crippen LogP contribution in [0.3, 0.4) is 0 Å². The molecule has 31 heavy (non-hydrogen) atoms. The maximum atomic E-state index is 14.9. The summed E-state index contributed by atoms with van der Waals surface area (Å²) in [5.74, 6) is 0. The zero-order valence-corrected chi connectivity index (χ0v) is 21.6. The fourth-order valence-corrected chi connectivity index (χ4v) is 5.12. The molecule has 0 aromatic rings. The predicted molar refractivity (Wildman–Crippen MR) is 133 cm³/mol. The van der Waals surface area contributed by atoms with Gasteiger partial charge in [-0.3, -0.25) is 4.55 Å². The van der Waals surface area contributed by atoms with Gasteiger partial charge in [-0.25, -0.2) is 4.39 Å². The lowest BCUT2D eigenvalue weighted by molar-refractivity contribution is 0.203. The molecule has 0 aliphatic heterocycles. The first kappa shape index (κ1) is 30.8. The van der Waals surface area contributed by atoms with Crippen molar-refractivity contribution in [3.05, 3.63) is 0 Å². The summed E-state index contributed by atoms with van der Waals surface area (Å²) in [5, 5.41) is -2.45. The fourth-order valence-electron chi connectivity index (χ4n) is 4.31. The zero-order valence-electron chi connectivity index (χ0n) is 20.8. The molecule has 0 aliphatic carbocycles. The van der Waals surface area contributed by atoms with Gasteiger partial charge in [0.1, 0.15) is 0 Å². The Kier molecular flexibility index (Phi) is 20.3. The summed E-state index contributed by atoms with van der Waals surface area (Å²) in [7, 11) is -4.65. The van der Waals surface area contributed by atoms with Crippen LogP contribution in [0, 0.1) is 0 Å². The van der Waals surface area contributed by atoms with E-state index in [9.17, 15) is 17.4 Å². The average molecular weight is 465 g/mol. The van der Waals surface area contributed by atoms with Gasteiger partial charge in [-0.15, -0.1) is 0 Å². The van der Waals surface area contributed by atoms with E-state index in [1.165, 1.54) is 83.5 Å². The van der Waals surface area contributed by atoms with Crippen LogP contribution in [0.15, 0.2) is 0 Å². The second kappa shape index (κ2) is 20.4. The third kappa shape index (κ3) is 18.0. The van der Waals surface area contributed by atoms with Crippen molar-refractivity contribution in [2.24, 2.45) is 0 Å². The van der Waals surface area contributed by atoms with E-state index in [1.54, 1.807) is 0 Å². The third-order valence-electron chi connectivity index (χ3n) is 6.52. The zero-order chi connectivity index (χ0) is 23.3. The summed E-state index contributed by atoms with van der Waals surface area (Å²) >= 11 is 0. The van der Waals surface area contributed by atoms with Crippen LogP contribution in [-0.4, -0.2) is 18.0 Å². The molecule has 0 fully saturated rings. The van der Waals surface area contributed by atoms with Crippen molar-refractivity contribution in [2.75, 3.05) is 0 Å². The first-order chi connectivity index (χ1) is 14.9. The van der Waals surface area contributed by atoms with Crippen LogP contribution in [0.5, 0.6) is 0 Å². The minimum Gasteiger partial charge on any atom is -0.283 e. The van der Waals surface area contributed by atoms with Gasteiger partial charge in [0, 0.05) is 0 Å². The van der Waals surface area contributed by atoms with E-state index in [-0.39, 0.29) is 12.8 Å². The first-order valence-electron chi connectivity index (χ1n) is 13.5. The minimum atomic E-state index is -4.65. The highest BCUT2D eigenvalue weighted by atomic mass is 32.2. The predicted octanol–water partition coefficient (Wildman–Crippen LogP) is 9.55. The molecule has 1 N–H and O–H groups in total. The number of hydrogen-bond donors (Lipinski definition) is 1. The quantitative estimate of drug-likeness (QED) is 0.114. The SMILES string of the molecule is CCCCCCCCCCCCCCCCC(F)(CCCCCCCCC)S(=O)(=O)O. The van der Waals surface area contributed by atoms with Crippen molar-refractivity contribution in [1.29, 1.82) is 0 Å². The van der Waals surface area contributed by atoms with Crippen LogP contribution in [0.2, 0.25) is 0 Å². The van der Waals surface area contributed by atoms with Gasteiger partial charge in [-0.2, -0.15) is 8.42 Å². The van der Waals surface area contributed by atoms with E-state index >= 15 is 0 Å². The number of halogens is 1. The van der Waals surface area contributed by atoms with Crippen molar-refractivity contribution >= 4 is 10.1 Å². The topological polar surface area (TPSA) is 54.4 Å². The van der Waals surface area contributed by atoms with Gasteiger partial charge < -0.3 is 0 Å². The molecule has 0 rings (SSSR count). The molecule has 1 unspecified atom stereocenters. The lowest BCUT2D eigenvalue weighted by Gasteiger charge is -2.22. The molecule has 0 aromatic carbocycles. The molecule has 5 heteroatoms. The Hall–Kier alpha value is -0.160. The van der Waals surface area contributed by atoms with E-state index in [0.717, 1.165) is 38.5 Å². The Balaban J connectivity index is 3.74. The highest BCUT2D eigenvalue weighted by Gasteiger charge is 2.42. The molecule has 0 bridgehead atoms. The molecular formula is C26H53FO3S. The summed E-state index contributed by atoms with van der Waals surface area (Å²) in [6.07, 6.45) is 23.8. The minimum absolute atomic E-state index is 0.0697. The van der Waals surface area contributed by atoms with Gasteiger partial charge in [0.2, 0.25) is 5.00 Å². The highest BCUT2D eigenvalue weighted by Crippen LogP contribution is 2.32. The Morgan fingerprint density at radius 2 is 0.742 bits per heavy atom. The Labute approximate surface area is 194 Å². The Morgan fingerprint density at radius 3 is 0.968 bits per heavy atom. The second-order valence-corrected chi connectivity index (χ2v) is 11.3. The van der Waals surface area contributed by atoms with Crippen molar-refractivity contribution in [1.82, 2.24) is 0 Å². The molecule has 0 heterocycles. The molecule has 0 amide bonds. The normalized spacial score (nSPS) is 14.1. The van der Waals surface area contributed by atoms with E-state index < -0.39 is 15.1 Å². The van der Waals surface area contributed by atoms with Gasteiger partial charge in [-0.05, 0) is 25.7 Å². The van der Waals surface area contributed by atoms with Crippen molar-refractivity contribution in [2.45, 2.75) is 167 Å². The summed E-state index contributed by atoms with van der Waals surface area (Å²) < 4.78 is 47.6. The molecule has 0 aromatic heterocycles. The molecule has 1 atom stereocenters. The van der Waals surface area contributed by atoms with E-state index in [2.05, 4.69) is 13.8 Å². The van der Waals surface area contributed by atoms with Crippen LogP contribution in [0.1, 0.15) is 162 Å². The smallest absolute Gasteiger partial charge is 0.283 e. The van der Waals surface area contributed by atoms with Gasteiger partial charge in [-0.1, -0.05) is 136 Å². The second-order valence-electron chi connectivity index (χ2n) is 9.58. The largest absolute Gasteiger partial charge is 0.300 e. The Morgan fingerprint density at radius 1 is 0.516 bits per heavy atom. The van der Waals surface area contributed by atoms with Crippen molar-refractivity contribution in [3.8, 4) is 0 Å². The van der Waals surface area contributed by atoms with Crippen molar-refractivity contribution < 1.29 is 17.4 Å². The summed E-state index contributed by atoms with van der Waals surface area (Å²) in [4.78, 5) is 0. The molecular weight excluding hydrogens is 411 g/mol. The van der Waals surface area contributed by atoms with Crippen LogP contribution in [0.4, 0.5) is 4.39 Å². The number of hydrogen-bond acceptors (Lipinski definition) is 2. The molecule has 3 nitrogen and oxygen atoms in total. The molecule has 0 aliphatic rings. The summed E-state index contributed by atoms with van der Waals surface area (Å²) in [5.41, 5.74) is 0. The molecule has 0 saturated carbocycles. The third-order valence-corrected chi connectivity index (χ3v) is 7.85. The fraction of sp³-hybridized carbons (Fsp3) is 1.00. The van der Waals surface area contributed by atoms with E-state index in [1.807, 2.05) is 0 Å². The van der Waals surface area contributed by atoms with Crippen molar-refractivity contribution in [3.63, 3.8) is 0 Å². The number of unbranched alkanes of at least 4 members (excludes halogenated alkanes) is 19. The van der Waals surface area contributed by atoms with E-state index in [4.69, 9.17) is 0 Å². The highest BCUT2D eigenvalue weighted by molar-refractivity contribution is 7.87. The van der Waals surface area contributed by atoms with Gasteiger partial charge in [0.25, 0.3) is 10.1 Å². The van der Waals surface area contributed by atoms with Crippen LogP contribution < -0.4 is 0 Å². The first-order valence-corrected chi connectivity index (χ1v) is 15.0.